The highest BCUT2D eigenvalue weighted by Gasteiger charge is 2.28. The van der Waals surface area contributed by atoms with E-state index in [0.717, 1.165) is 4.47 Å². The molecular formula is C12H19BrN2O2S. The maximum absolute atomic E-state index is 12.2. The van der Waals surface area contributed by atoms with Crippen molar-refractivity contribution >= 4 is 26.0 Å². The molecule has 0 bridgehead atoms. The average molecular weight is 335 g/mol. The summed E-state index contributed by atoms with van der Waals surface area (Å²) in [4.78, 5) is 0.244. The molecule has 0 saturated carbocycles. The summed E-state index contributed by atoms with van der Waals surface area (Å²) in [6.45, 7) is 6.12. The highest BCUT2D eigenvalue weighted by Crippen LogP contribution is 2.21. The van der Waals surface area contributed by atoms with Gasteiger partial charge in [0.15, 0.2) is 0 Å². The predicted octanol–water partition coefficient (Wildman–Crippen LogP) is 2.10. The minimum Gasteiger partial charge on any atom is -0.329 e. The second kappa shape index (κ2) is 5.69. The fourth-order valence-electron chi connectivity index (χ4n) is 1.45. The van der Waals surface area contributed by atoms with Gasteiger partial charge in [-0.15, -0.1) is 0 Å². The first kappa shape index (κ1) is 15.6. The molecular weight excluding hydrogens is 316 g/mol. The minimum absolute atomic E-state index is 0.225. The molecule has 3 N–H and O–H groups in total. The van der Waals surface area contributed by atoms with Gasteiger partial charge in [0.2, 0.25) is 10.0 Å². The third-order valence-corrected chi connectivity index (χ3v) is 4.72. The van der Waals surface area contributed by atoms with Crippen molar-refractivity contribution in [3.8, 4) is 0 Å². The Balaban J connectivity index is 2.98. The summed E-state index contributed by atoms with van der Waals surface area (Å²) in [5.74, 6) is 0. The van der Waals surface area contributed by atoms with E-state index in [-0.39, 0.29) is 22.9 Å². The van der Waals surface area contributed by atoms with Gasteiger partial charge in [-0.1, -0.05) is 36.7 Å². The zero-order valence-corrected chi connectivity index (χ0v) is 13.2. The van der Waals surface area contributed by atoms with Crippen LogP contribution < -0.4 is 10.5 Å². The van der Waals surface area contributed by atoms with Crippen molar-refractivity contribution < 1.29 is 8.42 Å². The molecule has 0 radical (unpaired) electrons. The number of benzene rings is 1. The molecule has 6 heteroatoms. The van der Waals surface area contributed by atoms with Gasteiger partial charge < -0.3 is 5.73 Å². The van der Waals surface area contributed by atoms with Gasteiger partial charge in [-0.05, 0) is 29.7 Å². The van der Waals surface area contributed by atoms with Crippen LogP contribution in [0.15, 0.2) is 33.6 Å². The van der Waals surface area contributed by atoms with Gasteiger partial charge in [0.25, 0.3) is 0 Å². The van der Waals surface area contributed by atoms with Crippen LogP contribution in [0.5, 0.6) is 0 Å². The van der Waals surface area contributed by atoms with E-state index in [0.29, 0.717) is 0 Å². The Morgan fingerprint density at radius 1 is 1.28 bits per heavy atom. The van der Waals surface area contributed by atoms with Gasteiger partial charge in [-0.25, -0.2) is 13.1 Å². The molecule has 4 nitrogen and oxygen atoms in total. The number of hydrogen-bond acceptors (Lipinski definition) is 3. The van der Waals surface area contributed by atoms with Gasteiger partial charge in [-0.3, -0.25) is 0 Å². The molecule has 0 fully saturated rings. The summed E-state index contributed by atoms with van der Waals surface area (Å²) < 4.78 is 27.8. The van der Waals surface area contributed by atoms with Crippen LogP contribution in [-0.2, 0) is 10.0 Å². The van der Waals surface area contributed by atoms with Crippen LogP contribution in [-0.4, -0.2) is 21.0 Å². The molecule has 18 heavy (non-hydrogen) atoms. The van der Waals surface area contributed by atoms with Crippen LogP contribution in [0.4, 0.5) is 0 Å². The molecule has 0 amide bonds. The highest BCUT2D eigenvalue weighted by molar-refractivity contribution is 9.10. The Hall–Kier alpha value is -0.430. The van der Waals surface area contributed by atoms with Crippen LogP contribution in [0.3, 0.4) is 0 Å². The van der Waals surface area contributed by atoms with Crippen LogP contribution in [0.1, 0.15) is 20.8 Å². The van der Waals surface area contributed by atoms with E-state index in [2.05, 4.69) is 20.7 Å². The second-order valence-electron chi connectivity index (χ2n) is 5.23. The lowest BCUT2D eigenvalue weighted by Gasteiger charge is -2.30. The van der Waals surface area contributed by atoms with E-state index in [4.69, 9.17) is 5.73 Å². The maximum atomic E-state index is 12.2. The van der Waals surface area contributed by atoms with Gasteiger partial charge >= 0.3 is 0 Å². The van der Waals surface area contributed by atoms with Crippen LogP contribution in [0.25, 0.3) is 0 Å². The fraction of sp³-hybridized carbons (Fsp3) is 0.500. The van der Waals surface area contributed by atoms with Crippen molar-refractivity contribution in [2.75, 3.05) is 6.54 Å². The maximum Gasteiger partial charge on any atom is 0.240 e. The van der Waals surface area contributed by atoms with Gasteiger partial charge in [-0.2, -0.15) is 0 Å². The molecule has 102 valence electrons. The molecule has 1 atom stereocenters. The quantitative estimate of drug-likeness (QED) is 0.885. The van der Waals surface area contributed by atoms with Gasteiger partial charge in [0, 0.05) is 17.1 Å². The number of sulfonamides is 1. The lowest BCUT2D eigenvalue weighted by atomic mass is 9.88. The molecule has 1 unspecified atom stereocenters. The normalized spacial score (nSPS) is 14.5. The fourth-order valence-corrected chi connectivity index (χ4v) is 3.17. The van der Waals surface area contributed by atoms with Crippen molar-refractivity contribution in [1.29, 1.82) is 0 Å². The Morgan fingerprint density at radius 3 is 2.17 bits per heavy atom. The molecule has 0 spiro atoms. The minimum atomic E-state index is -3.52. The molecule has 0 aromatic heterocycles. The summed E-state index contributed by atoms with van der Waals surface area (Å²) in [5.41, 5.74) is 5.41. The molecule has 0 aliphatic carbocycles. The molecule has 0 heterocycles. The standard InChI is InChI=1S/C12H19BrN2O2S/c1-12(2,3)11(8-14)15-18(16,17)10-6-4-9(13)5-7-10/h4-7,11,15H,8,14H2,1-3H3. The molecule has 1 aromatic carbocycles. The second-order valence-corrected chi connectivity index (χ2v) is 7.86. The zero-order chi connectivity index (χ0) is 14.0. The Morgan fingerprint density at radius 2 is 1.78 bits per heavy atom. The van der Waals surface area contributed by atoms with Crippen LogP contribution >= 0.6 is 15.9 Å². The number of hydrogen-bond donors (Lipinski definition) is 2. The molecule has 0 aliphatic rings. The van der Waals surface area contributed by atoms with E-state index < -0.39 is 10.0 Å². The molecule has 1 aromatic rings. The van der Waals surface area contributed by atoms with E-state index in [9.17, 15) is 8.42 Å². The third kappa shape index (κ3) is 4.05. The van der Waals surface area contributed by atoms with E-state index in [1.165, 1.54) is 0 Å². The van der Waals surface area contributed by atoms with Gasteiger partial charge in [0.05, 0.1) is 4.90 Å². The Bertz CT molecular complexity index is 492. The predicted molar refractivity (Wildman–Crippen MR) is 76.8 cm³/mol. The van der Waals surface area contributed by atoms with Crippen LogP contribution in [0.2, 0.25) is 0 Å². The first-order valence-electron chi connectivity index (χ1n) is 5.65. The van der Waals surface area contributed by atoms with E-state index in [1.807, 2.05) is 20.8 Å². The Labute approximate surface area is 117 Å². The lowest BCUT2D eigenvalue weighted by molar-refractivity contribution is 0.304. The van der Waals surface area contributed by atoms with Crippen molar-refractivity contribution in [1.82, 2.24) is 4.72 Å². The molecule has 0 saturated heterocycles. The topological polar surface area (TPSA) is 72.2 Å². The summed E-state index contributed by atoms with van der Waals surface area (Å²) >= 11 is 3.27. The third-order valence-electron chi connectivity index (χ3n) is 2.70. The first-order valence-corrected chi connectivity index (χ1v) is 7.92. The average Bonchev–Trinajstić information content (AvgIpc) is 2.25. The first-order chi connectivity index (χ1) is 8.16. The number of halogens is 1. The molecule has 0 aliphatic heterocycles. The van der Waals surface area contributed by atoms with Crippen molar-refractivity contribution in [2.45, 2.75) is 31.7 Å². The highest BCUT2D eigenvalue weighted by atomic mass is 79.9. The van der Waals surface area contributed by atoms with Crippen molar-refractivity contribution in [3.05, 3.63) is 28.7 Å². The lowest BCUT2D eigenvalue weighted by Crippen LogP contribution is -2.48. The number of nitrogens with two attached hydrogens (primary N) is 1. The van der Waals surface area contributed by atoms with E-state index >= 15 is 0 Å². The zero-order valence-electron chi connectivity index (χ0n) is 10.8. The summed E-state index contributed by atoms with van der Waals surface area (Å²) in [6, 6.07) is 6.21. The smallest absolute Gasteiger partial charge is 0.240 e. The van der Waals surface area contributed by atoms with Crippen molar-refractivity contribution in [3.63, 3.8) is 0 Å². The number of nitrogens with one attached hydrogen (secondary N) is 1. The number of rotatable bonds is 4. The van der Waals surface area contributed by atoms with Crippen LogP contribution in [0, 0.1) is 5.41 Å². The van der Waals surface area contributed by atoms with Gasteiger partial charge in [0.1, 0.15) is 0 Å². The molecule has 1 rings (SSSR count). The monoisotopic (exact) mass is 334 g/mol. The Kier molecular flexibility index (Phi) is 4.94. The SMILES string of the molecule is CC(C)(C)C(CN)NS(=O)(=O)c1ccc(Br)cc1. The summed E-state index contributed by atoms with van der Waals surface area (Å²) in [7, 11) is -3.52. The van der Waals surface area contributed by atoms with E-state index in [1.54, 1.807) is 24.3 Å². The summed E-state index contributed by atoms with van der Waals surface area (Å²) in [6.07, 6.45) is 0. The largest absolute Gasteiger partial charge is 0.329 e. The van der Waals surface area contributed by atoms with Crippen molar-refractivity contribution in [2.24, 2.45) is 11.1 Å². The summed E-state index contributed by atoms with van der Waals surface area (Å²) in [5, 5.41) is 0.